The van der Waals surface area contributed by atoms with Crippen LogP contribution < -0.4 is 10.5 Å². The first-order chi connectivity index (χ1) is 9.60. The normalized spacial score (nSPS) is 10.1. The first-order valence-electron chi connectivity index (χ1n) is 5.82. The predicted octanol–water partition coefficient (Wildman–Crippen LogP) is 2.68. The van der Waals surface area contributed by atoms with Gasteiger partial charge in [-0.25, -0.2) is 9.78 Å². The Hall–Kier alpha value is -2.27. The molecule has 20 heavy (non-hydrogen) atoms. The van der Waals surface area contributed by atoms with E-state index < -0.39 is 5.97 Å². The number of methoxy groups -OCH3 is 1. The Labute approximate surface area is 121 Å². The number of rotatable bonds is 4. The summed E-state index contributed by atoms with van der Waals surface area (Å²) in [6, 6.07) is 10.2. The van der Waals surface area contributed by atoms with Crippen LogP contribution in [0, 0.1) is 0 Å². The molecule has 1 aromatic carbocycles. The third-order valence-corrected chi connectivity index (χ3v) is 2.83. The quantitative estimate of drug-likeness (QED) is 0.877. The zero-order valence-electron chi connectivity index (χ0n) is 10.8. The van der Waals surface area contributed by atoms with Crippen LogP contribution in [-0.2, 0) is 11.3 Å². The summed E-state index contributed by atoms with van der Waals surface area (Å²) in [4.78, 5) is 15.4. The molecule has 2 aromatic rings. The van der Waals surface area contributed by atoms with Crippen molar-refractivity contribution < 1.29 is 14.3 Å². The number of pyridine rings is 1. The maximum Gasteiger partial charge on any atom is 0.356 e. The molecule has 0 amide bonds. The fourth-order valence-electron chi connectivity index (χ4n) is 1.52. The van der Waals surface area contributed by atoms with Crippen LogP contribution in [-0.4, -0.2) is 18.1 Å². The van der Waals surface area contributed by atoms with Gasteiger partial charge < -0.3 is 15.2 Å². The van der Waals surface area contributed by atoms with Gasteiger partial charge in [0.2, 0.25) is 5.88 Å². The smallest absolute Gasteiger partial charge is 0.356 e. The summed E-state index contributed by atoms with van der Waals surface area (Å²) >= 11 is 5.80. The molecule has 0 aliphatic heterocycles. The van der Waals surface area contributed by atoms with E-state index in [0.29, 0.717) is 10.7 Å². The Morgan fingerprint density at radius 2 is 1.95 bits per heavy atom. The SMILES string of the molecule is COC(=O)c1ccc(N)c(OCc2ccc(Cl)cc2)n1. The Bertz CT molecular complexity index is 614. The molecule has 0 atom stereocenters. The molecule has 0 spiro atoms. The number of hydrogen-bond donors (Lipinski definition) is 1. The fraction of sp³-hybridized carbons (Fsp3) is 0.143. The van der Waals surface area contributed by atoms with Gasteiger partial charge in [0.15, 0.2) is 5.69 Å². The molecule has 6 heteroatoms. The monoisotopic (exact) mass is 292 g/mol. The van der Waals surface area contributed by atoms with E-state index in [0.717, 1.165) is 5.56 Å². The number of halogens is 1. The molecule has 2 N–H and O–H groups in total. The van der Waals surface area contributed by atoms with Crippen molar-refractivity contribution in [3.63, 3.8) is 0 Å². The van der Waals surface area contributed by atoms with Crippen molar-refractivity contribution in [3.8, 4) is 5.88 Å². The second kappa shape index (κ2) is 6.25. The van der Waals surface area contributed by atoms with Gasteiger partial charge in [-0.15, -0.1) is 0 Å². The number of nitrogen functional groups attached to an aromatic ring is 1. The van der Waals surface area contributed by atoms with Gasteiger partial charge in [0.05, 0.1) is 12.8 Å². The maximum atomic E-state index is 11.4. The Morgan fingerprint density at radius 1 is 1.25 bits per heavy atom. The van der Waals surface area contributed by atoms with Gasteiger partial charge in [-0.2, -0.15) is 0 Å². The maximum absolute atomic E-state index is 11.4. The predicted molar refractivity (Wildman–Crippen MR) is 75.8 cm³/mol. The molecule has 1 heterocycles. The Kier molecular flexibility index (Phi) is 4.42. The number of anilines is 1. The number of esters is 1. The lowest BCUT2D eigenvalue weighted by molar-refractivity contribution is 0.0592. The van der Waals surface area contributed by atoms with Crippen LogP contribution in [0.4, 0.5) is 5.69 Å². The Morgan fingerprint density at radius 3 is 2.60 bits per heavy atom. The zero-order chi connectivity index (χ0) is 14.5. The number of carbonyl (C=O) groups is 1. The van der Waals surface area contributed by atoms with Crippen LogP contribution in [0.1, 0.15) is 16.1 Å². The van der Waals surface area contributed by atoms with Crippen LogP contribution in [0.25, 0.3) is 0 Å². The van der Waals surface area contributed by atoms with Crippen LogP contribution in [0.3, 0.4) is 0 Å². The highest BCUT2D eigenvalue weighted by atomic mass is 35.5. The number of benzene rings is 1. The minimum atomic E-state index is -0.540. The van der Waals surface area contributed by atoms with Crippen LogP contribution >= 0.6 is 11.6 Å². The topological polar surface area (TPSA) is 74.4 Å². The number of ether oxygens (including phenoxy) is 2. The highest BCUT2D eigenvalue weighted by Gasteiger charge is 2.11. The molecule has 2 rings (SSSR count). The summed E-state index contributed by atoms with van der Waals surface area (Å²) in [5.74, 6) is -0.343. The largest absolute Gasteiger partial charge is 0.471 e. The first kappa shape index (κ1) is 14.1. The highest BCUT2D eigenvalue weighted by molar-refractivity contribution is 6.30. The van der Waals surface area contributed by atoms with E-state index in [1.165, 1.54) is 13.2 Å². The van der Waals surface area contributed by atoms with Crippen LogP contribution in [0.2, 0.25) is 5.02 Å². The molecule has 0 radical (unpaired) electrons. The van der Waals surface area contributed by atoms with Gasteiger partial charge >= 0.3 is 5.97 Å². The average molecular weight is 293 g/mol. The van der Waals surface area contributed by atoms with E-state index in [-0.39, 0.29) is 18.2 Å². The molecule has 5 nitrogen and oxygen atoms in total. The van der Waals surface area contributed by atoms with Gasteiger partial charge in [0.25, 0.3) is 0 Å². The second-order valence-electron chi connectivity index (χ2n) is 4.00. The highest BCUT2D eigenvalue weighted by Crippen LogP contribution is 2.20. The summed E-state index contributed by atoms with van der Waals surface area (Å²) in [5.41, 5.74) is 7.17. The van der Waals surface area contributed by atoms with Crippen molar-refractivity contribution in [3.05, 3.63) is 52.7 Å². The van der Waals surface area contributed by atoms with Crippen molar-refractivity contribution in [2.24, 2.45) is 0 Å². The third kappa shape index (κ3) is 3.39. The third-order valence-electron chi connectivity index (χ3n) is 2.57. The van der Waals surface area contributed by atoms with E-state index in [2.05, 4.69) is 9.72 Å². The minimum Gasteiger partial charge on any atom is -0.471 e. The zero-order valence-corrected chi connectivity index (χ0v) is 11.6. The standard InChI is InChI=1S/C14H13ClN2O3/c1-19-14(18)12-7-6-11(16)13(17-12)20-8-9-2-4-10(15)5-3-9/h2-7H,8,16H2,1H3. The summed E-state index contributed by atoms with van der Waals surface area (Å²) in [6.45, 7) is 0.277. The lowest BCUT2D eigenvalue weighted by atomic mass is 10.2. The molecule has 0 saturated heterocycles. The van der Waals surface area contributed by atoms with E-state index in [1.807, 2.05) is 12.1 Å². The van der Waals surface area contributed by atoms with Gasteiger partial charge in [-0.1, -0.05) is 23.7 Å². The fourth-order valence-corrected chi connectivity index (χ4v) is 1.64. The molecule has 1 aromatic heterocycles. The number of nitrogens with zero attached hydrogens (tertiary/aromatic N) is 1. The van der Waals surface area contributed by atoms with Crippen molar-refractivity contribution in [1.29, 1.82) is 0 Å². The molecule has 104 valence electrons. The van der Waals surface area contributed by atoms with E-state index in [9.17, 15) is 4.79 Å². The van der Waals surface area contributed by atoms with Gasteiger partial charge in [-0.3, -0.25) is 0 Å². The lowest BCUT2D eigenvalue weighted by Gasteiger charge is -2.09. The molecular weight excluding hydrogens is 280 g/mol. The molecule has 0 aliphatic carbocycles. The molecule has 0 bridgehead atoms. The summed E-state index contributed by atoms with van der Waals surface area (Å²) in [5, 5.41) is 0.652. The molecule has 0 aliphatic rings. The first-order valence-corrected chi connectivity index (χ1v) is 6.20. The van der Waals surface area contributed by atoms with E-state index in [1.54, 1.807) is 18.2 Å². The number of nitrogens with two attached hydrogens (primary N) is 1. The van der Waals surface area contributed by atoms with E-state index >= 15 is 0 Å². The number of carbonyl (C=O) groups excluding carboxylic acids is 1. The second-order valence-corrected chi connectivity index (χ2v) is 4.43. The number of aromatic nitrogens is 1. The molecule has 0 fully saturated rings. The van der Waals surface area contributed by atoms with Gasteiger partial charge in [0, 0.05) is 5.02 Å². The summed E-state index contributed by atoms with van der Waals surface area (Å²) < 4.78 is 10.1. The summed E-state index contributed by atoms with van der Waals surface area (Å²) in [6.07, 6.45) is 0. The molecular formula is C14H13ClN2O3. The Balaban J connectivity index is 2.12. The van der Waals surface area contributed by atoms with E-state index in [4.69, 9.17) is 22.1 Å². The van der Waals surface area contributed by atoms with Crippen molar-refractivity contribution >= 4 is 23.3 Å². The number of hydrogen-bond acceptors (Lipinski definition) is 5. The lowest BCUT2D eigenvalue weighted by Crippen LogP contribution is -2.08. The van der Waals surface area contributed by atoms with Crippen molar-refractivity contribution in [2.45, 2.75) is 6.61 Å². The molecule has 0 saturated carbocycles. The van der Waals surface area contributed by atoms with Crippen molar-refractivity contribution in [1.82, 2.24) is 4.98 Å². The van der Waals surface area contributed by atoms with Crippen LogP contribution in [0.5, 0.6) is 5.88 Å². The van der Waals surface area contributed by atoms with Crippen LogP contribution in [0.15, 0.2) is 36.4 Å². The minimum absolute atomic E-state index is 0.146. The van der Waals surface area contributed by atoms with Crippen molar-refractivity contribution in [2.75, 3.05) is 12.8 Å². The van der Waals surface area contributed by atoms with Gasteiger partial charge in [-0.05, 0) is 29.8 Å². The summed E-state index contributed by atoms with van der Waals surface area (Å²) in [7, 11) is 1.29. The van der Waals surface area contributed by atoms with Gasteiger partial charge in [0.1, 0.15) is 6.61 Å². The average Bonchev–Trinajstić information content (AvgIpc) is 2.47. The molecule has 0 unspecified atom stereocenters.